The van der Waals surface area contributed by atoms with Gasteiger partial charge in [-0.05, 0) is 87.8 Å². The molecule has 2 aromatic rings. The predicted molar refractivity (Wildman–Crippen MR) is 133 cm³/mol. The highest BCUT2D eigenvalue weighted by Gasteiger charge is 2.45. The van der Waals surface area contributed by atoms with Crippen LogP contribution in [-0.2, 0) is 9.47 Å². The molecule has 3 aliphatic rings. The molecule has 4 heterocycles. The van der Waals surface area contributed by atoms with Crippen molar-refractivity contribution in [2.75, 3.05) is 30.3 Å². The van der Waals surface area contributed by atoms with Gasteiger partial charge in [0.1, 0.15) is 11.9 Å². The highest BCUT2D eigenvalue weighted by atomic mass is 16.6. The smallest absolute Gasteiger partial charge is 0.156 e. The highest BCUT2D eigenvalue weighted by molar-refractivity contribution is 5.70. The second kappa shape index (κ2) is 9.61. The summed E-state index contributed by atoms with van der Waals surface area (Å²) in [5.41, 5.74) is 3.50. The number of rotatable bonds is 7. The first kappa shape index (κ1) is 22.6. The van der Waals surface area contributed by atoms with Gasteiger partial charge >= 0.3 is 0 Å². The quantitative estimate of drug-likeness (QED) is 0.522. The first-order chi connectivity index (χ1) is 15.9. The molecule has 5 atom stereocenters. The molecule has 33 heavy (non-hydrogen) atoms. The zero-order valence-electron chi connectivity index (χ0n) is 20.1. The Morgan fingerprint density at radius 3 is 2.82 bits per heavy atom. The average Bonchev–Trinajstić information content (AvgIpc) is 3.57. The van der Waals surface area contributed by atoms with E-state index in [9.17, 15) is 0 Å². The van der Waals surface area contributed by atoms with Crippen LogP contribution in [0.25, 0.3) is 11.1 Å². The maximum atomic E-state index is 5.95. The number of ether oxygens (including phenoxy) is 2. The molecule has 3 N–H and O–H groups in total. The largest absolute Gasteiger partial charge is 0.385 e. The Bertz CT molecular complexity index is 941. The van der Waals surface area contributed by atoms with Gasteiger partial charge in [-0.25, -0.2) is 4.98 Å². The SMILES string of the molecule is CC1CCC(C2OC2Nc2cc(-c3cccc(NCC4CCOC(C)(C)C4)c3)ccn2)CN1. The van der Waals surface area contributed by atoms with E-state index in [1.807, 2.05) is 6.20 Å². The number of epoxide rings is 1. The van der Waals surface area contributed by atoms with Crippen molar-refractivity contribution in [3.8, 4) is 11.1 Å². The van der Waals surface area contributed by atoms with Gasteiger partial charge in [0.2, 0.25) is 0 Å². The van der Waals surface area contributed by atoms with Crippen LogP contribution in [0.2, 0.25) is 0 Å². The molecule has 5 unspecified atom stereocenters. The molecule has 3 saturated heterocycles. The van der Waals surface area contributed by atoms with E-state index in [1.165, 1.54) is 18.4 Å². The standard InChI is InChI=1S/C27H38N4O2/c1-18-7-8-22(17-29-18)25-26(33-25)31-24-14-21(9-11-28-24)20-5-4-6-23(13-20)30-16-19-10-12-32-27(2,3)15-19/h4-6,9,11,13-14,18-19,22,25-26,29-30H,7-8,10,12,15-17H2,1-3H3,(H,28,31). The maximum Gasteiger partial charge on any atom is 0.156 e. The third kappa shape index (κ3) is 5.86. The highest BCUT2D eigenvalue weighted by Crippen LogP contribution is 2.35. The zero-order valence-corrected chi connectivity index (χ0v) is 20.1. The normalized spacial score (nSPS) is 31.1. The Labute approximate surface area is 197 Å². The summed E-state index contributed by atoms with van der Waals surface area (Å²) < 4.78 is 11.8. The van der Waals surface area contributed by atoms with E-state index in [1.54, 1.807) is 0 Å². The molecule has 0 aliphatic carbocycles. The van der Waals surface area contributed by atoms with Gasteiger partial charge in [-0.3, -0.25) is 0 Å². The van der Waals surface area contributed by atoms with Crippen LogP contribution in [0.15, 0.2) is 42.6 Å². The lowest BCUT2D eigenvalue weighted by Crippen LogP contribution is -2.39. The fraction of sp³-hybridized carbons (Fsp3) is 0.593. The van der Waals surface area contributed by atoms with E-state index in [-0.39, 0.29) is 17.9 Å². The van der Waals surface area contributed by atoms with Crippen molar-refractivity contribution < 1.29 is 9.47 Å². The molecule has 0 spiro atoms. The van der Waals surface area contributed by atoms with Gasteiger partial charge in [0.25, 0.3) is 0 Å². The van der Waals surface area contributed by atoms with Crippen molar-refractivity contribution in [2.24, 2.45) is 11.8 Å². The lowest BCUT2D eigenvalue weighted by molar-refractivity contribution is -0.0699. The fourth-order valence-corrected chi connectivity index (χ4v) is 5.34. The van der Waals surface area contributed by atoms with Crippen LogP contribution in [0.5, 0.6) is 0 Å². The van der Waals surface area contributed by atoms with Crippen molar-refractivity contribution in [3.05, 3.63) is 42.6 Å². The average molecular weight is 451 g/mol. The number of anilines is 2. The Kier molecular flexibility index (Phi) is 6.59. The molecule has 6 heteroatoms. The second-order valence-corrected chi connectivity index (χ2v) is 10.7. The number of hydrogen-bond acceptors (Lipinski definition) is 6. The third-order valence-corrected chi connectivity index (χ3v) is 7.33. The van der Waals surface area contributed by atoms with Crippen molar-refractivity contribution in [1.29, 1.82) is 0 Å². The summed E-state index contributed by atoms with van der Waals surface area (Å²) in [5, 5.41) is 10.7. The summed E-state index contributed by atoms with van der Waals surface area (Å²) in [7, 11) is 0. The van der Waals surface area contributed by atoms with Gasteiger partial charge in [-0.1, -0.05) is 12.1 Å². The van der Waals surface area contributed by atoms with Gasteiger partial charge in [0, 0.05) is 43.5 Å². The molecule has 178 valence electrons. The minimum absolute atomic E-state index is 0.0108. The van der Waals surface area contributed by atoms with Crippen LogP contribution in [-0.4, -0.2) is 48.7 Å². The summed E-state index contributed by atoms with van der Waals surface area (Å²) in [6.07, 6.45) is 6.91. The summed E-state index contributed by atoms with van der Waals surface area (Å²) >= 11 is 0. The Hall–Kier alpha value is -2.15. The molecular weight excluding hydrogens is 412 g/mol. The number of nitrogens with one attached hydrogen (secondary N) is 3. The zero-order chi connectivity index (χ0) is 22.8. The monoisotopic (exact) mass is 450 g/mol. The first-order valence-corrected chi connectivity index (χ1v) is 12.5. The minimum Gasteiger partial charge on any atom is -0.385 e. The Balaban J connectivity index is 1.18. The predicted octanol–water partition coefficient (Wildman–Crippen LogP) is 4.89. The molecule has 1 aromatic carbocycles. The van der Waals surface area contributed by atoms with E-state index >= 15 is 0 Å². The molecular formula is C27H38N4O2. The van der Waals surface area contributed by atoms with Gasteiger partial charge in [-0.2, -0.15) is 0 Å². The minimum atomic E-state index is -0.0108. The van der Waals surface area contributed by atoms with Gasteiger partial charge in [-0.15, -0.1) is 0 Å². The van der Waals surface area contributed by atoms with Crippen LogP contribution in [0.3, 0.4) is 0 Å². The van der Waals surface area contributed by atoms with Crippen molar-refractivity contribution in [1.82, 2.24) is 10.3 Å². The molecule has 0 radical (unpaired) electrons. The van der Waals surface area contributed by atoms with Gasteiger partial charge < -0.3 is 25.4 Å². The van der Waals surface area contributed by atoms with Gasteiger partial charge in [0.15, 0.2) is 6.23 Å². The molecule has 0 amide bonds. The van der Waals surface area contributed by atoms with E-state index in [0.29, 0.717) is 17.9 Å². The van der Waals surface area contributed by atoms with E-state index in [0.717, 1.165) is 49.6 Å². The number of benzene rings is 1. The Morgan fingerprint density at radius 1 is 1.12 bits per heavy atom. The molecule has 0 bridgehead atoms. The number of pyridine rings is 1. The van der Waals surface area contributed by atoms with Crippen LogP contribution in [0.1, 0.15) is 46.5 Å². The topological polar surface area (TPSA) is 70.7 Å². The van der Waals surface area contributed by atoms with Crippen LogP contribution >= 0.6 is 0 Å². The van der Waals surface area contributed by atoms with Crippen LogP contribution < -0.4 is 16.0 Å². The molecule has 0 saturated carbocycles. The molecule has 1 aromatic heterocycles. The number of aromatic nitrogens is 1. The second-order valence-electron chi connectivity index (χ2n) is 10.7. The van der Waals surface area contributed by atoms with Crippen molar-refractivity contribution >= 4 is 11.5 Å². The maximum absolute atomic E-state index is 5.95. The summed E-state index contributed by atoms with van der Waals surface area (Å²) in [5.74, 6) is 2.11. The molecule has 3 aliphatic heterocycles. The molecule has 6 nitrogen and oxygen atoms in total. The lowest BCUT2D eigenvalue weighted by atomic mass is 9.88. The van der Waals surface area contributed by atoms with Crippen molar-refractivity contribution in [2.45, 2.75) is 70.4 Å². The lowest BCUT2D eigenvalue weighted by Gasteiger charge is -2.35. The number of piperidine rings is 1. The van der Waals surface area contributed by atoms with E-state index in [2.05, 4.69) is 78.1 Å². The van der Waals surface area contributed by atoms with E-state index < -0.39 is 0 Å². The summed E-state index contributed by atoms with van der Waals surface area (Å²) in [6, 6.07) is 13.5. The number of nitrogens with zero attached hydrogens (tertiary/aromatic N) is 1. The number of hydrogen-bond donors (Lipinski definition) is 3. The summed E-state index contributed by atoms with van der Waals surface area (Å²) in [6.45, 7) is 9.52. The van der Waals surface area contributed by atoms with Crippen LogP contribution in [0, 0.1) is 11.8 Å². The van der Waals surface area contributed by atoms with Gasteiger partial charge in [0.05, 0.1) is 5.60 Å². The molecule has 3 fully saturated rings. The fourth-order valence-electron chi connectivity index (χ4n) is 5.34. The van der Waals surface area contributed by atoms with Crippen molar-refractivity contribution in [3.63, 3.8) is 0 Å². The molecule has 5 rings (SSSR count). The summed E-state index contributed by atoms with van der Waals surface area (Å²) in [4.78, 5) is 4.54. The Morgan fingerprint density at radius 2 is 2.00 bits per heavy atom. The third-order valence-electron chi connectivity index (χ3n) is 7.33. The van der Waals surface area contributed by atoms with Crippen LogP contribution in [0.4, 0.5) is 11.5 Å². The first-order valence-electron chi connectivity index (χ1n) is 12.5. The van der Waals surface area contributed by atoms with E-state index in [4.69, 9.17) is 9.47 Å².